The van der Waals surface area contributed by atoms with E-state index in [1.54, 1.807) is 0 Å². The highest BCUT2D eigenvalue weighted by Gasteiger charge is 1.91. The highest BCUT2D eigenvalue weighted by Crippen LogP contribution is 2.11. The average molecular weight is 250 g/mol. The van der Waals surface area contributed by atoms with Gasteiger partial charge in [-0.05, 0) is 25.7 Å². The largest absolute Gasteiger partial charge is 0.103 e. The number of hydrogen-bond acceptors (Lipinski definition) is 0. The van der Waals surface area contributed by atoms with E-state index in [2.05, 4.69) is 25.7 Å². The van der Waals surface area contributed by atoms with Gasteiger partial charge >= 0.3 is 0 Å². The lowest BCUT2D eigenvalue weighted by atomic mass is 10.1. The first-order valence-electron chi connectivity index (χ1n) is 8.17. The Labute approximate surface area is 116 Å². The molecular weight excluding hydrogens is 216 g/mol. The molecule has 0 bridgehead atoms. The molecule has 0 aliphatic rings. The van der Waals surface area contributed by atoms with E-state index >= 15 is 0 Å². The highest BCUT2D eigenvalue weighted by atomic mass is 14.0. The Bertz CT molecular complexity index is 178. The van der Waals surface area contributed by atoms with E-state index in [0.29, 0.717) is 0 Å². The standard InChI is InChI=1S/C18H34/c1-3-5-7-9-11-13-15-17-18-16-14-12-10-8-6-4-2/h3,9,11H,1,4-8,10,12-18H2,2H3. The lowest BCUT2D eigenvalue weighted by Crippen LogP contribution is -1.81. The zero-order chi connectivity index (χ0) is 13.3. The van der Waals surface area contributed by atoms with Gasteiger partial charge in [-0.15, -0.1) is 6.58 Å². The summed E-state index contributed by atoms with van der Waals surface area (Å²) < 4.78 is 0. The van der Waals surface area contributed by atoms with Crippen LogP contribution >= 0.6 is 0 Å². The Morgan fingerprint density at radius 3 is 1.67 bits per heavy atom. The molecule has 0 aromatic rings. The van der Waals surface area contributed by atoms with Crippen LogP contribution in [0.5, 0.6) is 0 Å². The molecule has 0 heteroatoms. The monoisotopic (exact) mass is 250 g/mol. The lowest BCUT2D eigenvalue weighted by molar-refractivity contribution is 0.557. The molecule has 0 aromatic carbocycles. The van der Waals surface area contributed by atoms with Crippen molar-refractivity contribution < 1.29 is 0 Å². The third-order valence-electron chi connectivity index (χ3n) is 3.43. The highest BCUT2D eigenvalue weighted by molar-refractivity contribution is 4.84. The molecule has 0 aliphatic carbocycles. The van der Waals surface area contributed by atoms with Crippen LogP contribution in [0.2, 0.25) is 0 Å². The summed E-state index contributed by atoms with van der Waals surface area (Å²) in [6.07, 6.45) is 24.5. The van der Waals surface area contributed by atoms with Gasteiger partial charge in [-0.3, -0.25) is 0 Å². The minimum Gasteiger partial charge on any atom is -0.103 e. The zero-order valence-corrected chi connectivity index (χ0v) is 12.6. The van der Waals surface area contributed by atoms with E-state index in [1.807, 2.05) is 6.08 Å². The van der Waals surface area contributed by atoms with Gasteiger partial charge in [0, 0.05) is 0 Å². The number of rotatable bonds is 14. The first-order valence-corrected chi connectivity index (χ1v) is 8.17. The first kappa shape index (κ1) is 17.5. The predicted molar refractivity (Wildman–Crippen MR) is 85.0 cm³/mol. The van der Waals surface area contributed by atoms with Gasteiger partial charge in [0.15, 0.2) is 0 Å². The summed E-state index contributed by atoms with van der Waals surface area (Å²) in [4.78, 5) is 0. The van der Waals surface area contributed by atoms with Crippen molar-refractivity contribution in [2.24, 2.45) is 0 Å². The van der Waals surface area contributed by atoms with Crippen molar-refractivity contribution in [2.45, 2.75) is 90.4 Å². The van der Waals surface area contributed by atoms with E-state index in [0.717, 1.165) is 6.42 Å². The van der Waals surface area contributed by atoms with Crippen molar-refractivity contribution in [3.8, 4) is 0 Å². The Morgan fingerprint density at radius 1 is 0.611 bits per heavy atom. The van der Waals surface area contributed by atoms with Crippen LogP contribution in [0.15, 0.2) is 24.8 Å². The predicted octanol–water partition coefficient (Wildman–Crippen LogP) is 6.82. The summed E-state index contributed by atoms with van der Waals surface area (Å²) in [5.74, 6) is 0. The lowest BCUT2D eigenvalue weighted by Gasteiger charge is -2.01. The van der Waals surface area contributed by atoms with Gasteiger partial charge in [0.05, 0.1) is 0 Å². The number of unbranched alkanes of at least 4 members (excludes halogenated alkanes) is 11. The molecular formula is C18H34. The van der Waals surface area contributed by atoms with Crippen LogP contribution in [0.4, 0.5) is 0 Å². The molecule has 0 nitrogen and oxygen atoms in total. The molecule has 0 heterocycles. The molecule has 0 saturated carbocycles. The van der Waals surface area contributed by atoms with E-state index in [1.165, 1.54) is 77.0 Å². The first-order chi connectivity index (χ1) is 8.91. The molecule has 0 spiro atoms. The van der Waals surface area contributed by atoms with Gasteiger partial charge in [-0.2, -0.15) is 0 Å². The van der Waals surface area contributed by atoms with Crippen LogP contribution in [0.1, 0.15) is 90.4 Å². The van der Waals surface area contributed by atoms with E-state index in [4.69, 9.17) is 0 Å². The molecule has 18 heavy (non-hydrogen) atoms. The second-order valence-corrected chi connectivity index (χ2v) is 5.31. The summed E-state index contributed by atoms with van der Waals surface area (Å²) >= 11 is 0. The minimum atomic E-state index is 1.12. The van der Waals surface area contributed by atoms with Crippen LogP contribution in [0.25, 0.3) is 0 Å². The average Bonchev–Trinajstić information content (AvgIpc) is 2.39. The SMILES string of the molecule is C=CCCC=CCCCCCCCCCCCC. The molecule has 0 unspecified atom stereocenters. The fourth-order valence-corrected chi connectivity index (χ4v) is 2.20. The molecule has 0 aliphatic heterocycles. The fraction of sp³-hybridized carbons (Fsp3) is 0.778. The van der Waals surface area contributed by atoms with Crippen LogP contribution in [-0.4, -0.2) is 0 Å². The van der Waals surface area contributed by atoms with Crippen LogP contribution in [0, 0.1) is 0 Å². The molecule has 0 aromatic heterocycles. The number of hydrogen-bond donors (Lipinski definition) is 0. The van der Waals surface area contributed by atoms with E-state index < -0.39 is 0 Å². The van der Waals surface area contributed by atoms with Gasteiger partial charge in [0.1, 0.15) is 0 Å². The molecule has 0 atom stereocenters. The summed E-state index contributed by atoms with van der Waals surface area (Å²) in [6, 6.07) is 0. The maximum atomic E-state index is 3.73. The third-order valence-corrected chi connectivity index (χ3v) is 3.43. The normalized spacial score (nSPS) is 11.2. The summed E-state index contributed by atoms with van der Waals surface area (Å²) in [5.41, 5.74) is 0. The van der Waals surface area contributed by atoms with Crippen LogP contribution < -0.4 is 0 Å². The maximum Gasteiger partial charge on any atom is -0.0316 e. The fourth-order valence-electron chi connectivity index (χ4n) is 2.20. The van der Waals surface area contributed by atoms with Crippen molar-refractivity contribution >= 4 is 0 Å². The van der Waals surface area contributed by atoms with E-state index in [9.17, 15) is 0 Å². The molecule has 0 saturated heterocycles. The Hall–Kier alpha value is -0.520. The molecule has 0 N–H and O–H groups in total. The van der Waals surface area contributed by atoms with Crippen LogP contribution in [-0.2, 0) is 0 Å². The van der Waals surface area contributed by atoms with Crippen molar-refractivity contribution in [3.63, 3.8) is 0 Å². The van der Waals surface area contributed by atoms with Gasteiger partial charge in [-0.25, -0.2) is 0 Å². The van der Waals surface area contributed by atoms with Gasteiger partial charge in [0.2, 0.25) is 0 Å². The second-order valence-electron chi connectivity index (χ2n) is 5.31. The smallest absolute Gasteiger partial charge is 0.0316 e. The van der Waals surface area contributed by atoms with Crippen LogP contribution in [0.3, 0.4) is 0 Å². The maximum absolute atomic E-state index is 3.73. The molecule has 106 valence electrons. The molecule has 0 amide bonds. The zero-order valence-electron chi connectivity index (χ0n) is 12.6. The summed E-state index contributed by atoms with van der Waals surface area (Å²) in [5, 5.41) is 0. The Balaban J connectivity index is 2.98. The summed E-state index contributed by atoms with van der Waals surface area (Å²) in [7, 11) is 0. The van der Waals surface area contributed by atoms with Crippen molar-refractivity contribution in [2.75, 3.05) is 0 Å². The topological polar surface area (TPSA) is 0 Å². The van der Waals surface area contributed by atoms with Gasteiger partial charge < -0.3 is 0 Å². The van der Waals surface area contributed by atoms with E-state index in [-0.39, 0.29) is 0 Å². The molecule has 0 radical (unpaired) electrons. The van der Waals surface area contributed by atoms with Crippen molar-refractivity contribution in [1.29, 1.82) is 0 Å². The molecule has 0 rings (SSSR count). The minimum absolute atomic E-state index is 1.12. The quantitative estimate of drug-likeness (QED) is 0.234. The third kappa shape index (κ3) is 15.5. The Kier molecular flexibility index (Phi) is 16.0. The van der Waals surface area contributed by atoms with Crippen molar-refractivity contribution in [3.05, 3.63) is 24.8 Å². The summed E-state index contributed by atoms with van der Waals surface area (Å²) in [6.45, 7) is 6.01. The Morgan fingerprint density at radius 2 is 1.11 bits per heavy atom. The van der Waals surface area contributed by atoms with Gasteiger partial charge in [-0.1, -0.05) is 82.9 Å². The second kappa shape index (κ2) is 16.5. The van der Waals surface area contributed by atoms with Gasteiger partial charge in [0.25, 0.3) is 0 Å². The number of allylic oxidation sites excluding steroid dienone is 3. The van der Waals surface area contributed by atoms with Crippen molar-refractivity contribution in [1.82, 2.24) is 0 Å². The molecule has 0 fully saturated rings.